The van der Waals surface area contributed by atoms with Crippen molar-refractivity contribution in [2.75, 3.05) is 0 Å². The van der Waals surface area contributed by atoms with E-state index < -0.39 is 30.3 Å². The fraction of sp³-hybridized carbons (Fsp3) is 0.625. The predicted octanol–water partition coefficient (Wildman–Crippen LogP) is -0.313. The SMILES string of the molecule is CC(C)[C@H](NC(=O)CC(=O)O)C(=O)O. The molecule has 1 atom stereocenters. The fourth-order valence-corrected chi connectivity index (χ4v) is 0.875. The van der Waals surface area contributed by atoms with Gasteiger partial charge in [0.1, 0.15) is 12.5 Å². The lowest BCUT2D eigenvalue weighted by atomic mass is 10.0. The van der Waals surface area contributed by atoms with Crippen LogP contribution in [0.1, 0.15) is 20.3 Å². The fourth-order valence-electron chi connectivity index (χ4n) is 0.875. The van der Waals surface area contributed by atoms with E-state index in [1.54, 1.807) is 13.8 Å². The Morgan fingerprint density at radius 2 is 1.71 bits per heavy atom. The molecule has 0 rings (SSSR count). The van der Waals surface area contributed by atoms with Gasteiger partial charge in [-0.25, -0.2) is 4.79 Å². The molecule has 0 aromatic carbocycles. The van der Waals surface area contributed by atoms with Crippen LogP contribution in [0.25, 0.3) is 0 Å². The van der Waals surface area contributed by atoms with Crippen molar-refractivity contribution in [1.82, 2.24) is 5.32 Å². The van der Waals surface area contributed by atoms with Gasteiger partial charge in [0.2, 0.25) is 5.91 Å². The predicted molar refractivity (Wildman–Crippen MR) is 46.7 cm³/mol. The highest BCUT2D eigenvalue weighted by molar-refractivity contribution is 5.95. The van der Waals surface area contributed by atoms with Crippen LogP contribution in [0.2, 0.25) is 0 Å². The molecule has 14 heavy (non-hydrogen) atoms. The molecule has 0 unspecified atom stereocenters. The van der Waals surface area contributed by atoms with Gasteiger partial charge in [-0.2, -0.15) is 0 Å². The number of amides is 1. The Hall–Kier alpha value is -1.59. The van der Waals surface area contributed by atoms with E-state index in [-0.39, 0.29) is 5.92 Å². The summed E-state index contributed by atoms with van der Waals surface area (Å²) in [6, 6.07) is -1.04. The third kappa shape index (κ3) is 4.44. The molecule has 6 nitrogen and oxygen atoms in total. The molecule has 0 fully saturated rings. The second-order valence-electron chi connectivity index (χ2n) is 3.20. The van der Waals surface area contributed by atoms with Gasteiger partial charge in [-0.05, 0) is 5.92 Å². The Bertz CT molecular complexity index is 248. The number of nitrogens with one attached hydrogen (secondary N) is 1. The van der Waals surface area contributed by atoms with Crippen LogP contribution in [0.3, 0.4) is 0 Å². The molecule has 0 aromatic heterocycles. The summed E-state index contributed by atoms with van der Waals surface area (Å²) in [5, 5.41) is 19.1. The van der Waals surface area contributed by atoms with Crippen LogP contribution in [0.4, 0.5) is 0 Å². The zero-order valence-electron chi connectivity index (χ0n) is 7.98. The maximum absolute atomic E-state index is 10.9. The molecule has 0 aliphatic carbocycles. The molecule has 0 spiro atoms. The Balaban J connectivity index is 4.24. The lowest BCUT2D eigenvalue weighted by molar-refractivity contribution is -0.146. The van der Waals surface area contributed by atoms with E-state index in [2.05, 4.69) is 5.32 Å². The van der Waals surface area contributed by atoms with E-state index in [1.165, 1.54) is 0 Å². The smallest absolute Gasteiger partial charge is 0.326 e. The summed E-state index contributed by atoms with van der Waals surface area (Å²) in [5.41, 5.74) is 0. The van der Waals surface area contributed by atoms with Crippen molar-refractivity contribution in [3.05, 3.63) is 0 Å². The lowest BCUT2D eigenvalue weighted by Crippen LogP contribution is -2.44. The molecular weight excluding hydrogens is 190 g/mol. The Labute approximate surface area is 80.9 Å². The van der Waals surface area contributed by atoms with Gasteiger partial charge in [-0.1, -0.05) is 13.8 Å². The number of carbonyl (C=O) groups is 3. The highest BCUT2D eigenvalue weighted by Gasteiger charge is 2.23. The normalized spacial score (nSPS) is 12.2. The molecule has 0 aromatic rings. The van der Waals surface area contributed by atoms with Crippen LogP contribution in [0.5, 0.6) is 0 Å². The average molecular weight is 203 g/mol. The van der Waals surface area contributed by atoms with Crippen molar-refractivity contribution >= 4 is 17.8 Å². The number of rotatable bonds is 5. The summed E-state index contributed by atoms with van der Waals surface area (Å²) in [4.78, 5) is 31.6. The maximum atomic E-state index is 10.9. The summed E-state index contributed by atoms with van der Waals surface area (Å²) in [5.74, 6) is -3.53. The first-order valence-electron chi connectivity index (χ1n) is 4.08. The third-order valence-corrected chi connectivity index (χ3v) is 1.56. The summed E-state index contributed by atoms with van der Waals surface area (Å²) < 4.78 is 0. The van der Waals surface area contributed by atoms with Crippen LogP contribution in [-0.4, -0.2) is 34.1 Å². The maximum Gasteiger partial charge on any atom is 0.326 e. The molecule has 0 aliphatic rings. The second-order valence-corrected chi connectivity index (χ2v) is 3.20. The molecule has 1 amide bonds. The minimum atomic E-state index is -1.28. The highest BCUT2D eigenvalue weighted by Crippen LogP contribution is 2.01. The molecule has 0 bridgehead atoms. The molecule has 80 valence electrons. The van der Waals surface area contributed by atoms with Crippen LogP contribution >= 0.6 is 0 Å². The Kier molecular flexibility index (Phi) is 4.62. The quantitative estimate of drug-likeness (QED) is 0.531. The van der Waals surface area contributed by atoms with Crippen LogP contribution in [-0.2, 0) is 14.4 Å². The minimum Gasteiger partial charge on any atom is -0.481 e. The number of hydrogen-bond acceptors (Lipinski definition) is 3. The van der Waals surface area contributed by atoms with Crippen LogP contribution in [0, 0.1) is 5.92 Å². The zero-order chi connectivity index (χ0) is 11.3. The van der Waals surface area contributed by atoms with Crippen molar-refractivity contribution in [3.63, 3.8) is 0 Å². The molecule has 0 saturated carbocycles. The summed E-state index contributed by atoms with van der Waals surface area (Å²) in [6.07, 6.45) is -0.712. The van der Waals surface area contributed by atoms with Gasteiger partial charge < -0.3 is 15.5 Å². The first-order chi connectivity index (χ1) is 6.34. The van der Waals surface area contributed by atoms with Gasteiger partial charge >= 0.3 is 11.9 Å². The first-order valence-corrected chi connectivity index (χ1v) is 4.08. The minimum absolute atomic E-state index is 0.287. The van der Waals surface area contributed by atoms with Crippen LogP contribution in [0.15, 0.2) is 0 Å². The largest absolute Gasteiger partial charge is 0.481 e. The van der Waals surface area contributed by atoms with E-state index in [4.69, 9.17) is 10.2 Å². The van der Waals surface area contributed by atoms with Crippen molar-refractivity contribution < 1.29 is 24.6 Å². The standard InChI is InChI=1S/C8H13NO5/c1-4(2)7(8(13)14)9-5(10)3-6(11)12/h4,7H,3H2,1-2H3,(H,9,10)(H,11,12)(H,13,14)/t7-/m0/s1. The van der Waals surface area contributed by atoms with Gasteiger partial charge in [0.25, 0.3) is 0 Å². The summed E-state index contributed by atoms with van der Waals surface area (Å²) in [7, 11) is 0. The molecular formula is C8H13NO5. The number of aliphatic carboxylic acids is 2. The first kappa shape index (κ1) is 12.4. The average Bonchev–Trinajstić information content (AvgIpc) is 1.97. The van der Waals surface area contributed by atoms with E-state index >= 15 is 0 Å². The van der Waals surface area contributed by atoms with Crippen LogP contribution < -0.4 is 5.32 Å². The molecule has 0 heterocycles. The highest BCUT2D eigenvalue weighted by atomic mass is 16.4. The van der Waals surface area contributed by atoms with Gasteiger partial charge in [-0.15, -0.1) is 0 Å². The summed E-state index contributed by atoms with van der Waals surface area (Å²) in [6.45, 7) is 3.25. The number of carboxylic acid groups (broad SMARTS) is 2. The molecule has 0 saturated heterocycles. The molecule has 6 heteroatoms. The van der Waals surface area contributed by atoms with Crippen molar-refractivity contribution in [2.45, 2.75) is 26.3 Å². The van der Waals surface area contributed by atoms with Gasteiger partial charge in [0.15, 0.2) is 0 Å². The van der Waals surface area contributed by atoms with Gasteiger partial charge in [0.05, 0.1) is 0 Å². The number of carboxylic acids is 2. The van der Waals surface area contributed by atoms with E-state index in [1.807, 2.05) is 0 Å². The van der Waals surface area contributed by atoms with E-state index in [0.29, 0.717) is 0 Å². The Morgan fingerprint density at radius 1 is 1.21 bits per heavy atom. The summed E-state index contributed by atoms with van der Waals surface area (Å²) >= 11 is 0. The number of carbonyl (C=O) groups excluding carboxylic acids is 1. The molecule has 0 radical (unpaired) electrons. The molecule has 3 N–H and O–H groups in total. The van der Waals surface area contributed by atoms with Crippen molar-refractivity contribution in [3.8, 4) is 0 Å². The Morgan fingerprint density at radius 3 is 2.00 bits per heavy atom. The van der Waals surface area contributed by atoms with Crippen molar-refractivity contribution in [2.24, 2.45) is 5.92 Å². The van der Waals surface area contributed by atoms with Gasteiger partial charge in [0, 0.05) is 0 Å². The monoisotopic (exact) mass is 203 g/mol. The van der Waals surface area contributed by atoms with Gasteiger partial charge in [-0.3, -0.25) is 9.59 Å². The third-order valence-electron chi connectivity index (χ3n) is 1.56. The topological polar surface area (TPSA) is 104 Å². The van der Waals surface area contributed by atoms with E-state index in [0.717, 1.165) is 0 Å². The zero-order valence-corrected chi connectivity index (χ0v) is 7.98. The number of hydrogen-bond donors (Lipinski definition) is 3. The molecule has 0 aliphatic heterocycles. The second kappa shape index (κ2) is 5.21. The lowest BCUT2D eigenvalue weighted by Gasteiger charge is -2.17. The van der Waals surface area contributed by atoms with Crippen molar-refractivity contribution in [1.29, 1.82) is 0 Å². The van der Waals surface area contributed by atoms with E-state index in [9.17, 15) is 14.4 Å².